The first-order valence-electron chi connectivity index (χ1n) is 8.27. The highest BCUT2D eigenvalue weighted by Crippen LogP contribution is 2.21. The van der Waals surface area contributed by atoms with Gasteiger partial charge in [-0.3, -0.25) is 14.2 Å². The van der Waals surface area contributed by atoms with Gasteiger partial charge in [0.05, 0.1) is 13.2 Å². The van der Waals surface area contributed by atoms with Crippen LogP contribution in [-0.4, -0.2) is 38.0 Å². The summed E-state index contributed by atoms with van der Waals surface area (Å²) in [6.45, 7) is 2.46. The Hall–Kier alpha value is -3.13. The molecule has 9 heteroatoms. The predicted octanol–water partition coefficient (Wildman–Crippen LogP) is 2.75. The number of hydrogen-bond donors (Lipinski definition) is 1. The number of aryl methyl sites for hydroxylation is 1. The number of hydrogen-bond acceptors (Lipinski definition) is 5. The Labute approximate surface area is 160 Å². The summed E-state index contributed by atoms with van der Waals surface area (Å²) in [5, 5.41) is 11.3. The second kappa shape index (κ2) is 8.05. The van der Waals surface area contributed by atoms with E-state index in [4.69, 9.17) is 16.3 Å². The Morgan fingerprint density at radius 3 is 2.67 bits per heavy atom. The van der Waals surface area contributed by atoms with E-state index < -0.39 is 11.9 Å². The average molecular weight is 388 g/mol. The van der Waals surface area contributed by atoms with E-state index >= 15 is 0 Å². The molecule has 2 aromatic heterocycles. The van der Waals surface area contributed by atoms with E-state index in [1.165, 1.54) is 10.7 Å². The van der Waals surface area contributed by atoms with Gasteiger partial charge in [0.2, 0.25) is 0 Å². The second-order valence-corrected chi connectivity index (χ2v) is 6.13. The van der Waals surface area contributed by atoms with Crippen molar-refractivity contribution in [2.45, 2.75) is 13.5 Å². The molecule has 2 heterocycles. The van der Waals surface area contributed by atoms with Gasteiger partial charge >= 0.3 is 5.97 Å². The third-order valence-corrected chi connectivity index (χ3v) is 4.01. The number of esters is 1. The van der Waals surface area contributed by atoms with Crippen molar-refractivity contribution in [1.82, 2.24) is 19.6 Å². The van der Waals surface area contributed by atoms with E-state index in [0.29, 0.717) is 11.6 Å². The molecular formula is C18H18ClN5O3. The minimum absolute atomic E-state index is 0.0641. The Balaban J connectivity index is 1.73. The first-order valence-corrected chi connectivity index (χ1v) is 8.65. The van der Waals surface area contributed by atoms with E-state index in [2.05, 4.69) is 15.5 Å². The van der Waals surface area contributed by atoms with Gasteiger partial charge in [-0.25, -0.2) is 4.79 Å². The standard InChI is InChI=1S/C18H18ClN5O3/c1-3-27-18(26)15-9-14(21-23(15)2)17(25)20-16-13(19)11-24(22-16)10-12-7-5-4-6-8-12/h4-9,11H,3,10H2,1-2H3,(H,20,22,25). The lowest BCUT2D eigenvalue weighted by molar-refractivity contribution is 0.0513. The molecule has 0 aliphatic rings. The van der Waals surface area contributed by atoms with Gasteiger partial charge in [-0.2, -0.15) is 10.2 Å². The molecule has 0 aliphatic carbocycles. The van der Waals surface area contributed by atoms with Gasteiger partial charge in [0, 0.05) is 19.3 Å². The highest BCUT2D eigenvalue weighted by Gasteiger charge is 2.20. The van der Waals surface area contributed by atoms with Crippen LogP contribution in [0.3, 0.4) is 0 Å². The van der Waals surface area contributed by atoms with Gasteiger partial charge in [-0.15, -0.1) is 0 Å². The highest BCUT2D eigenvalue weighted by molar-refractivity contribution is 6.33. The molecule has 140 valence electrons. The molecule has 8 nitrogen and oxygen atoms in total. The molecule has 27 heavy (non-hydrogen) atoms. The zero-order valence-electron chi connectivity index (χ0n) is 14.8. The SMILES string of the molecule is CCOC(=O)c1cc(C(=O)Nc2nn(Cc3ccccc3)cc2Cl)nn1C. The Morgan fingerprint density at radius 2 is 1.96 bits per heavy atom. The van der Waals surface area contributed by atoms with Gasteiger partial charge in [-0.05, 0) is 12.5 Å². The zero-order chi connectivity index (χ0) is 19.4. The average Bonchev–Trinajstić information content (AvgIpc) is 3.19. The van der Waals surface area contributed by atoms with Crippen molar-refractivity contribution >= 4 is 29.3 Å². The van der Waals surface area contributed by atoms with Crippen LogP contribution in [0.2, 0.25) is 5.02 Å². The number of ether oxygens (including phenoxy) is 1. The van der Waals surface area contributed by atoms with Crippen molar-refractivity contribution in [3.63, 3.8) is 0 Å². The number of anilines is 1. The monoisotopic (exact) mass is 387 g/mol. The maximum absolute atomic E-state index is 12.4. The number of carbonyl (C=O) groups is 2. The highest BCUT2D eigenvalue weighted by atomic mass is 35.5. The fourth-order valence-electron chi connectivity index (χ4n) is 2.48. The summed E-state index contributed by atoms with van der Waals surface area (Å²) in [4.78, 5) is 24.3. The molecule has 1 aromatic carbocycles. The van der Waals surface area contributed by atoms with E-state index in [1.54, 1.807) is 24.9 Å². The van der Waals surface area contributed by atoms with E-state index in [0.717, 1.165) is 5.56 Å². The molecule has 0 aliphatic heterocycles. The third-order valence-electron chi connectivity index (χ3n) is 3.73. The molecule has 0 radical (unpaired) electrons. The van der Waals surface area contributed by atoms with Crippen LogP contribution in [-0.2, 0) is 18.3 Å². The normalized spacial score (nSPS) is 10.6. The van der Waals surface area contributed by atoms with Crippen LogP contribution in [0.15, 0.2) is 42.6 Å². The van der Waals surface area contributed by atoms with Gasteiger partial charge in [0.1, 0.15) is 10.7 Å². The Bertz CT molecular complexity index is 965. The zero-order valence-corrected chi connectivity index (χ0v) is 15.6. The summed E-state index contributed by atoms with van der Waals surface area (Å²) in [7, 11) is 1.56. The molecule has 1 N–H and O–H groups in total. The summed E-state index contributed by atoms with van der Waals surface area (Å²) < 4.78 is 7.86. The maximum atomic E-state index is 12.4. The van der Waals surface area contributed by atoms with Crippen LogP contribution in [0.5, 0.6) is 0 Å². The molecule has 3 rings (SSSR count). The van der Waals surface area contributed by atoms with Gasteiger partial charge in [-0.1, -0.05) is 41.9 Å². The molecule has 1 amide bonds. The maximum Gasteiger partial charge on any atom is 0.356 e. The summed E-state index contributed by atoms with van der Waals surface area (Å²) in [5.74, 6) is -0.842. The van der Waals surface area contributed by atoms with Crippen molar-refractivity contribution in [1.29, 1.82) is 0 Å². The summed E-state index contributed by atoms with van der Waals surface area (Å²) in [6, 6.07) is 11.1. The van der Waals surface area contributed by atoms with Crippen LogP contribution in [0.25, 0.3) is 0 Å². The number of amides is 1. The molecular weight excluding hydrogens is 370 g/mol. The molecule has 0 saturated carbocycles. The predicted molar refractivity (Wildman–Crippen MR) is 99.9 cm³/mol. The number of nitrogens with zero attached hydrogens (tertiary/aromatic N) is 4. The van der Waals surface area contributed by atoms with Crippen LogP contribution in [0.4, 0.5) is 5.82 Å². The van der Waals surface area contributed by atoms with Crippen LogP contribution in [0, 0.1) is 0 Å². The quantitative estimate of drug-likeness (QED) is 0.657. The number of halogens is 1. The Kier molecular flexibility index (Phi) is 5.56. The first kappa shape index (κ1) is 18.7. The smallest absolute Gasteiger partial charge is 0.356 e. The summed E-state index contributed by atoms with van der Waals surface area (Å²) in [6.07, 6.45) is 1.63. The van der Waals surface area contributed by atoms with Crippen molar-refractivity contribution in [2.24, 2.45) is 7.05 Å². The molecule has 0 spiro atoms. The number of aromatic nitrogens is 4. The van der Waals surface area contributed by atoms with Crippen LogP contribution in [0.1, 0.15) is 33.5 Å². The van der Waals surface area contributed by atoms with Crippen LogP contribution >= 0.6 is 11.6 Å². The van der Waals surface area contributed by atoms with Gasteiger partial charge in [0.25, 0.3) is 5.91 Å². The van der Waals surface area contributed by atoms with Crippen molar-refractivity contribution in [3.8, 4) is 0 Å². The summed E-state index contributed by atoms with van der Waals surface area (Å²) in [5.41, 5.74) is 1.30. The topological polar surface area (TPSA) is 91.0 Å². The van der Waals surface area contributed by atoms with Gasteiger partial charge < -0.3 is 10.1 Å². The number of carbonyl (C=O) groups excluding carboxylic acids is 2. The second-order valence-electron chi connectivity index (χ2n) is 5.72. The molecule has 0 unspecified atom stereocenters. The molecule has 0 atom stereocenters. The van der Waals surface area contributed by atoms with E-state index in [-0.39, 0.29) is 23.8 Å². The molecule has 0 bridgehead atoms. The lowest BCUT2D eigenvalue weighted by atomic mass is 10.2. The minimum atomic E-state index is -0.545. The lowest BCUT2D eigenvalue weighted by Crippen LogP contribution is -2.14. The number of rotatable bonds is 6. The lowest BCUT2D eigenvalue weighted by Gasteiger charge is -2.01. The molecule has 3 aromatic rings. The minimum Gasteiger partial charge on any atom is -0.461 e. The first-order chi connectivity index (χ1) is 13.0. The van der Waals surface area contributed by atoms with Crippen LogP contribution < -0.4 is 5.32 Å². The number of nitrogens with one attached hydrogen (secondary N) is 1. The van der Waals surface area contributed by atoms with E-state index in [9.17, 15) is 9.59 Å². The van der Waals surface area contributed by atoms with Gasteiger partial charge in [0.15, 0.2) is 11.5 Å². The molecule has 0 fully saturated rings. The fourth-order valence-corrected chi connectivity index (χ4v) is 2.68. The summed E-state index contributed by atoms with van der Waals surface area (Å²) >= 11 is 6.17. The van der Waals surface area contributed by atoms with Crippen molar-refractivity contribution in [3.05, 3.63) is 64.6 Å². The largest absolute Gasteiger partial charge is 0.461 e. The van der Waals surface area contributed by atoms with E-state index in [1.807, 2.05) is 30.3 Å². The third kappa shape index (κ3) is 4.35. The molecule has 0 saturated heterocycles. The van der Waals surface area contributed by atoms with Crippen molar-refractivity contribution in [2.75, 3.05) is 11.9 Å². The fraction of sp³-hybridized carbons (Fsp3) is 0.222. The Morgan fingerprint density at radius 1 is 1.22 bits per heavy atom. The van der Waals surface area contributed by atoms with Crippen molar-refractivity contribution < 1.29 is 14.3 Å². The number of benzene rings is 1.